The molecule has 19 heavy (non-hydrogen) atoms. The van der Waals surface area contributed by atoms with Crippen molar-refractivity contribution in [3.05, 3.63) is 34.1 Å². The number of hydrogen-bond acceptors (Lipinski definition) is 5. The molecule has 0 aromatic heterocycles. The average Bonchev–Trinajstić information content (AvgIpc) is 2.30. The first-order valence-corrected chi connectivity index (χ1v) is 5.10. The van der Waals surface area contributed by atoms with Crippen molar-refractivity contribution in [3.8, 4) is 0 Å². The van der Waals surface area contributed by atoms with Gasteiger partial charge >= 0.3 is 0 Å². The number of nitrogens with two attached hydrogens (primary N) is 2. The van der Waals surface area contributed by atoms with Gasteiger partial charge in [0.05, 0.1) is 17.4 Å². The van der Waals surface area contributed by atoms with Gasteiger partial charge in [-0.05, 0) is 6.07 Å². The number of nitrogens with zero attached hydrogens (tertiary/aromatic N) is 1. The van der Waals surface area contributed by atoms with Crippen molar-refractivity contribution in [3.63, 3.8) is 0 Å². The Morgan fingerprint density at radius 1 is 1.47 bits per heavy atom. The summed E-state index contributed by atoms with van der Waals surface area (Å²) in [5, 5.41) is 12.7. The number of nitro groups is 1. The number of nitrogens with one attached hydrogen (secondary N) is 1. The van der Waals surface area contributed by atoms with Crippen molar-refractivity contribution >= 4 is 23.2 Å². The first-order valence-electron chi connectivity index (χ1n) is 5.10. The number of benzene rings is 1. The Labute approximate surface area is 106 Å². The second-order valence-corrected chi connectivity index (χ2v) is 3.66. The number of halogens is 1. The number of nitro benzene ring substituents is 1. The Hall–Kier alpha value is -2.55. The van der Waals surface area contributed by atoms with Crippen LogP contribution in [0.3, 0.4) is 0 Å². The normalized spacial score (nSPS) is 11.7. The monoisotopic (exact) mass is 270 g/mol. The van der Waals surface area contributed by atoms with Gasteiger partial charge in [-0.15, -0.1) is 0 Å². The van der Waals surface area contributed by atoms with E-state index in [0.29, 0.717) is 0 Å². The fourth-order valence-corrected chi connectivity index (χ4v) is 1.31. The zero-order valence-corrected chi connectivity index (χ0v) is 9.63. The Morgan fingerprint density at radius 2 is 2.11 bits per heavy atom. The summed E-state index contributed by atoms with van der Waals surface area (Å²) in [6.45, 7) is 0. The van der Waals surface area contributed by atoms with Crippen LogP contribution in [0, 0.1) is 15.9 Å². The lowest BCUT2D eigenvalue weighted by molar-refractivity contribution is -0.384. The van der Waals surface area contributed by atoms with Crippen LogP contribution in [0.2, 0.25) is 0 Å². The molecule has 0 saturated heterocycles. The van der Waals surface area contributed by atoms with Crippen LogP contribution in [0.4, 0.5) is 15.8 Å². The maximum absolute atomic E-state index is 13.4. The molecule has 0 fully saturated rings. The predicted octanol–water partition coefficient (Wildman–Crippen LogP) is -0.125. The average molecular weight is 270 g/mol. The second-order valence-electron chi connectivity index (χ2n) is 3.66. The van der Waals surface area contributed by atoms with Gasteiger partial charge in [0.25, 0.3) is 5.69 Å². The minimum atomic E-state index is -1.31. The highest BCUT2D eigenvalue weighted by Crippen LogP contribution is 2.26. The van der Waals surface area contributed by atoms with E-state index >= 15 is 0 Å². The molecule has 1 aromatic carbocycles. The van der Waals surface area contributed by atoms with Crippen LogP contribution in [0.15, 0.2) is 18.2 Å². The van der Waals surface area contributed by atoms with Crippen molar-refractivity contribution < 1.29 is 18.9 Å². The van der Waals surface area contributed by atoms with E-state index in [2.05, 4.69) is 0 Å². The van der Waals surface area contributed by atoms with Gasteiger partial charge < -0.3 is 16.8 Å². The summed E-state index contributed by atoms with van der Waals surface area (Å²) in [6.07, 6.45) is -0.450. The number of anilines is 1. The van der Waals surface area contributed by atoms with E-state index in [0.717, 1.165) is 18.2 Å². The van der Waals surface area contributed by atoms with Gasteiger partial charge in [0, 0.05) is 6.07 Å². The third-order valence-corrected chi connectivity index (χ3v) is 2.19. The molecule has 8 nitrogen and oxygen atoms in total. The SMILES string of the molecule is NC(=O)CC(N)C(=O)Nc1c(F)cccc1[N+](=O)[O-]. The lowest BCUT2D eigenvalue weighted by atomic mass is 10.2. The summed E-state index contributed by atoms with van der Waals surface area (Å²) < 4.78 is 13.4. The van der Waals surface area contributed by atoms with Crippen LogP contribution in [0.25, 0.3) is 0 Å². The molecule has 0 radical (unpaired) electrons. The Bertz CT molecular complexity index is 534. The van der Waals surface area contributed by atoms with E-state index in [1.54, 1.807) is 0 Å². The van der Waals surface area contributed by atoms with Crippen molar-refractivity contribution in [2.75, 3.05) is 5.32 Å². The Kier molecular flexibility index (Phi) is 4.48. The zero-order chi connectivity index (χ0) is 14.6. The lowest BCUT2D eigenvalue weighted by Crippen LogP contribution is -2.39. The number of para-hydroxylation sites is 1. The Balaban J connectivity index is 2.96. The zero-order valence-electron chi connectivity index (χ0n) is 9.63. The van der Waals surface area contributed by atoms with Gasteiger partial charge in [0.1, 0.15) is 0 Å². The van der Waals surface area contributed by atoms with Gasteiger partial charge in [0.15, 0.2) is 11.5 Å². The van der Waals surface area contributed by atoms with Crippen LogP contribution in [0.5, 0.6) is 0 Å². The third kappa shape index (κ3) is 3.71. The fraction of sp³-hybridized carbons (Fsp3) is 0.200. The summed E-state index contributed by atoms with van der Waals surface area (Å²) in [5.74, 6) is -2.73. The van der Waals surface area contributed by atoms with Gasteiger partial charge in [-0.2, -0.15) is 0 Å². The molecule has 0 bridgehead atoms. The van der Waals surface area contributed by atoms with Gasteiger partial charge in [-0.25, -0.2) is 4.39 Å². The fourth-order valence-electron chi connectivity index (χ4n) is 1.31. The number of hydrogen-bond donors (Lipinski definition) is 3. The van der Waals surface area contributed by atoms with Crippen molar-refractivity contribution in [2.24, 2.45) is 11.5 Å². The standard InChI is InChI=1S/C10H11FN4O4/c11-5-2-1-3-7(15(18)19)9(5)14-10(17)6(12)4-8(13)16/h1-3,6H,4,12H2,(H2,13,16)(H,14,17). The second kappa shape index (κ2) is 5.87. The molecular weight excluding hydrogens is 259 g/mol. The topological polar surface area (TPSA) is 141 Å². The summed E-state index contributed by atoms with van der Waals surface area (Å²) in [5.41, 5.74) is 8.98. The van der Waals surface area contributed by atoms with Crippen LogP contribution in [-0.2, 0) is 9.59 Å². The minimum Gasteiger partial charge on any atom is -0.370 e. The highest BCUT2D eigenvalue weighted by Gasteiger charge is 2.23. The van der Waals surface area contributed by atoms with E-state index < -0.39 is 46.4 Å². The first kappa shape index (κ1) is 14.5. The Morgan fingerprint density at radius 3 is 2.63 bits per heavy atom. The van der Waals surface area contributed by atoms with E-state index in [9.17, 15) is 24.1 Å². The van der Waals surface area contributed by atoms with Crippen LogP contribution in [-0.4, -0.2) is 22.8 Å². The highest BCUT2D eigenvalue weighted by molar-refractivity contribution is 5.98. The van der Waals surface area contributed by atoms with Crippen LogP contribution in [0.1, 0.15) is 6.42 Å². The summed E-state index contributed by atoms with van der Waals surface area (Å²) in [6, 6.07) is 1.80. The molecule has 2 amide bonds. The summed E-state index contributed by atoms with van der Waals surface area (Å²) >= 11 is 0. The van der Waals surface area contributed by atoms with Crippen molar-refractivity contribution in [1.82, 2.24) is 0 Å². The molecular formula is C10H11FN4O4. The maximum Gasteiger partial charge on any atom is 0.295 e. The number of amides is 2. The number of rotatable bonds is 5. The van der Waals surface area contributed by atoms with Crippen molar-refractivity contribution in [2.45, 2.75) is 12.5 Å². The smallest absolute Gasteiger partial charge is 0.295 e. The predicted molar refractivity (Wildman–Crippen MR) is 63.5 cm³/mol. The van der Waals surface area contributed by atoms with Crippen LogP contribution >= 0.6 is 0 Å². The largest absolute Gasteiger partial charge is 0.370 e. The van der Waals surface area contributed by atoms with E-state index in [1.807, 2.05) is 5.32 Å². The minimum absolute atomic E-state index is 0.450. The molecule has 1 aromatic rings. The molecule has 0 aliphatic rings. The molecule has 9 heteroatoms. The third-order valence-electron chi connectivity index (χ3n) is 2.19. The van der Waals surface area contributed by atoms with Gasteiger partial charge in [-0.1, -0.05) is 6.07 Å². The molecule has 1 rings (SSSR count). The maximum atomic E-state index is 13.4. The molecule has 0 aliphatic heterocycles. The molecule has 1 atom stereocenters. The number of carbonyl (C=O) groups is 2. The quantitative estimate of drug-likeness (QED) is 0.505. The first-order chi connectivity index (χ1) is 8.82. The number of primary amides is 1. The lowest BCUT2D eigenvalue weighted by Gasteiger charge is -2.11. The van der Waals surface area contributed by atoms with Gasteiger partial charge in [0.2, 0.25) is 11.8 Å². The van der Waals surface area contributed by atoms with E-state index in [4.69, 9.17) is 11.5 Å². The molecule has 102 valence electrons. The molecule has 0 spiro atoms. The summed E-state index contributed by atoms with van der Waals surface area (Å²) in [4.78, 5) is 32.0. The number of carbonyl (C=O) groups excluding carboxylic acids is 2. The molecule has 5 N–H and O–H groups in total. The van der Waals surface area contributed by atoms with E-state index in [-0.39, 0.29) is 0 Å². The molecule has 0 saturated carbocycles. The summed E-state index contributed by atoms with van der Waals surface area (Å²) in [7, 11) is 0. The van der Waals surface area contributed by atoms with Crippen LogP contribution < -0.4 is 16.8 Å². The van der Waals surface area contributed by atoms with E-state index in [1.165, 1.54) is 0 Å². The van der Waals surface area contributed by atoms with Gasteiger partial charge in [-0.3, -0.25) is 19.7 Å². The molecule has 1 unspecified atom stereocenters. The highest BCUT2D eigenvalue weighted by atomic mass is 19.1. The molecule has 0 aliphatic carbocycles. The molecule has 0 heterocycles. The van der Waals surface area contributed by atoms with Crippen molar-refractivity contribution in [1.29, 1.82) is 0 Å².